The zero-order valence-corrected chi connectivity index (χ0v) is 24.1. The lowest BCUT2D eigenvalue weighted by Crippen LogP contribution is -2.01. The molecule has 0 aromatic heterocycles. The number of hydrogen-bond acceptors (Lipinski definition) is 0. The Balaban J connectivity index is 1.68. The lowest BCUT2D eigenvalue weighted by molar-refractivity contribution is 0.850. The fourth-order valence-corrected chi connectivity index (χ4v) is 7.76. The van der Waals surface area contributed by atoms with E-state index in [9.17, 15) is 0 Å². The van der Waals surface area contributed by atoms with Gasteiger partial charge in [0.15, 0.2) is 0 Å². The van der Waals surface area contributed by atoms with Crippen molar-refractivity contribution in [1.82, 2.24) is 0 Å². The summed E-state index contributed by atoms with van der Waals surface area (Å²) in [6.07, 6.45) is 0. The van der Waals surface area contributed by atoms with Gasteiger partial charge in [0.05, 0.1) is 0 Å². The fourth-order valence-electron chi connectivity index (χ4n) is 7.76. The van der Waals surface area contributed by atoms with Crippen molar-refractivity contribution in [2.24, 2.45) is 0 Å². The van der Waals surface area contributed by atoms with E-state index in [2.05, 4.69) is 116 Å². The van der Waals surface area contributed by atoms with Crippen LogP contribution in [0.25, 0.3) is 66.1 Å². The molecule has 0 atom stereocenters. The Labute approximate surface area is 227 Å². The van der Waals surface area contributed by atoms with Crippen molar-refractivity contribution in [3.63, 3.8) is 0 Å². The third-order valence-electron chi connectivity index (χ3n) is 9.20. The molecule has 7 rings (SSSR count). The summed E-state index contributed by atoms with van der Waals surface area (Å²) < 4.78 is 0. The van der Waals surface area contributed by atoms with Crippen molar-refractivity contribution in [1.29, 1.82) is 0 Å². The third-order valence-corrected chi connectivity index (χ3v) is 9.20. The van der Waals surface area contributed by atoms with Crippen LogP contribution in [-0.2, 0) is 0 Å². The van der Waals surface area contributed by atoms with Crippen LogP contribution in [0.4, 0.5) is 0 Å². The van der Waals surface area contributed by atoms with Gasteiger partial charge in [0, 0.05) is 0 Å². The number of benzene rings is 5. The lowest BCUT2D eigenvalue weighted by atomic mass is 9.80. The molecule has 0 spiro atoms. The van der Waals surface area contributed by atoms with Crippen LogP contribution in [0.5, 0.6) is 0 Å². The van der Waals surface area contributed by atoms with Crippen molar-refractivity contribution in [3.8, 4) is 44.5 Å². The quantitative estimate of drug-likeness (QED) is 0.228. The average molecular weight is 495 g/mol. The smallest absolute Gasteiger partial charge is 0.00137 e. The molecular formula is C38H38. The van der Waals surface area contributed by atoms with E-state index in [0.717, 1.165) is 0 Å². The van der Waals surface area contributed by atoms with Crippen molar-refractivity contribution in [3.05, 3.63) is 82.9 Å². The molecule has 0 saturated heterocycles. The van der Waals surface area contributed by atoms with Crippen molar-refractivity contribution >= 4 is 21.5 Å². The Morgan fingerprint density at radius 3 is 1.03 bits per heavy atom. The highest BCUT2D eigenvalue weighted by atomic mass is 14.4. The number of fused-ring (bicyclic) bond motifs is 7. The number of hydrogen-bond donors (Lipinski definition) is 0. The third kappa shape index (κ3) is 2.87. The molecule has 0 bridgehead atoms. The Hall–Kier alpha value is -3.38. The van der Waals surface area contributed by atoms with Crippen molar-refractivity contribution < 1.29 is 0 Å². The van der Waals surface area contributed by atoms with Crippen LogP contribution in [0, 0.1) is 0 Å². The molecule has 0 radical (unpaired) electrons. The first-order valence-electron chi connectivity index (χ1n) is 14.6. The molecule has 0 heteroatoms. The predicted molar refractivity (Wildman–Crippen MR) is 167 cm³/mol. The monoisotopic (exact) mass is 494 g/mol. The maximum atomic E-state index is 2.46. The van der Waals surface area contributed by atoms with E-state index in [-0.39, 0.29) is 0 Å². The van der Waals surface area contributed by atoms with Gasteiger partial charge in [-0.25, -0.2) is 0 Å². The molecule has 5 aromatic carbocycles. The maximum absolute atomic E-state index is 2.46. The summed E-state index contributed by atoms with van der Waals surface area (Å²) in [6, 6.07) is 23.8. The van der Waals surface area contributed by atoms with Crippen LogP contribution in [0.2, 0.25) is 0 Å². The van der Waals surface area contributed by atoms with Crippen LogP contribution in [0.3, 0.4) is 0 Å². The largest absolute Gasteiger partial charge is 0.0616 e. The highest BCUT2D eigenvalue weighted by Crippen LogP contribution is 2.61. The molecule has 0 aliphatic heterocycles. The summed E-state index contributed by atoms with van der Waals surface area (Å²) in [5.74, 6) is 1.86. The predicted octanol–water partition coefficient (Wildman–Crippen LogP) is 11.8. The molecule has 0 N–H and O–H groups in total. The Kier molecular flexibility index (Phi) is 5.03. The first-order valence-corrected chi connectivity index (χ1v) is 14.6. The van der Waals surface area contributed by atoms with E-state index < -0.39 is 0 Å². The minimum atomic E-state index is 0.445. The molecule has 38 heavy (non-hydrogen) atoms. The first-order chi connectivity index (χ1) is 18.2. The summed E-state index contributed by atoms with van der Waals surface area (Å²) in [6.45, 7) is 18.8. The molecule has 0 fully saturated rings. The molecule has 0 nitrogen and oxygen atoms in total. The van der Waals surface area contributed by atoms with E-state index in [4.69, 9.17) is 0 Å². The molecule has 190 valence electrons. The van der Waals surface area contributed by atoms with E-state index in [1.807, 2.05) is 0 Å². The standard InChI is InChI=1S/C38H38/c1-19(2)23-13-14-24(20(3)4)34-28-16-18-30-36-29(17-15-27(33(23)34)35(28)36)37-31(21(5)6)25-11-9-10-12-26(25)32(22(7)8)38(30)37/h9-22H,1-8H3. The lowest BCUT2D eigenvalue weighted by Gasteiger charge is -2.23. The summed E-state index contributed by atoms with van der Waals surface area (Å²) in [5, 5.41) is 5.82. The van der Waals surface area contributed by atoms with Crippen LogP contribution in [0.15, 0.2) is 60.7 Å². The maximum Gasteiger partial charge on any atom is -0.00137 e. The molecule has 2 aliphatic rings. The highest BCUT2D eigenvalue weighted by molar-refractivity contribution is 6.28. The molecular weight excluding hydrogens is 456 g/mol. The molecule has 0 unspecified atom stereocenters. The Morgan fingerprint density at radius 2 is 0.711 bits per heavy atom. The van der Waals surface area contributed by atoms with E-state index in [1.165, 1.54) is 88.3 Å². The fraction of sp³-hybridized carbons (Fsp3) is 0.316. The molecule has 0 saturated carbocycles. The van der Waals surface area contributed by atoms with Gasteiger partial charge in [-0.1, -0.05) is 116 Å². The van der Waals surface area contributed by atoms with Crippen LogP contribution >= 0.6 is 0 Å². The van der Waals surface area contributed by atoms with Crippen molar-refractivity contribution in [2.75, 3.05) is 0 Å². The van der Waals surface area contributed by atoms with Crippen LogP contribution in [-0.4, -0.2) is 0 Å². The highest BCUT2D eigenvalue weighted by Gasteiger charge is 2.36. The van der Waals surface area contributed by atoms with Gasteiger partial charge in [0.2, 0.25) is 0 Å². The molecule has 0 heterocycles. The van der Waals surface area contributed by atoms with Gasteiger partial charge >= 0.3 is 0 Å². The van der Waals surface area contributed by atoms with E-state index in [0.29, 0.717) is 23.7 Å². The Bertz CT molecular complexity index is 1680. The second-order valence-electron chi connectivity index (χ2n) is 12.8. The van der Waals surface area contributed by atoms with Crippen LogP contribution in [0.1, 0.15) is 101 Å². The van der Waals surface area contributed by atoms with Gasteiger partial charge in [0.1, 0.15) is 0 Å². The Morgan fingerprint density at radius 1 is 0.368 bits per heavy atom. The van der Waals surface area contributed by atoms with Crippen LogP contribution < -0.4 is 0 Å². The molecule has 0 amide bonds. The van der Waals surface area contributed by atoms with Crippen molar-refractivity contribution in [2.45, 2.75) is 79.1 Å². The minimum Gasteiger partial charge on any atom is -0.0616 e. The van der Waals surface area contributed by atoms with E-state index >= 15 is 0 Å². The summed E-state index contributed by atoms with van der Waals surface area (Å²) >= 11 is 0. The molecule has 5 aromatic rings. The van der Waals surface area contributed by atoms with Gasteiger partial charge in [-0.2, -0.15) is 0 Å². The summed E-state index contributed by atoms with van der Waals surface area (Å²) in [7, 11) is 0. The topological polar surface area (TPSA) is 0 Å². The first kappa shape index (κ1) is 23.7. The van der Waals surface area contributed by atoms with Gasteiger partial charge < -0.3 is 0 Å². The summed E-state index contributed by atoms with van der Waals surface area (Å²) in [4.78, 5) is 0. The van der Waals surface area contributed by atoms with Gasteiger partial charge in [-0.05, 0) is 112 Å². The normalized spacial score (nSPS) is 13.2. The van der Waals surface area contributed by atoms with Gasteiger partial charge in [0.25, 0.3) is 0 Å². The zero-order valence-electron chi connectivity index (χ0n) is 24.1. The summed E-state index contributed by atoms with van der Waals surface area (Å²) in [5.41, 5.74) is 17.7. The van der Waals surface area contributed by atoms with Gasteiger partial charge in [-0.15, -0.1) is 0 Å². The zero-order chi connectivity index (χ0) is 26.6. The minimum absolute atomic E-state index is 0.445. The second-order valence-corrected chi connectivity index (χ2v) is 12.8. The second kappa shape index (κ2) is 8.06. The number of rotatable bonds is 4. The molecule has 2 aliphatic carbocycles. The van der Waals surface area contributed by atoms with E-state index in [1.54, 1.807) is 0 Å². The van der Waals surface area contributed by atoms with Gasteiger partial charge in [-0.3, -0.25) is 0 Å². The average Bonchev–Trinajstić information content (AvgIpc) is 3.38. The SMILES string of the molecule is CC(C)c1ccc(C(C)C)c2c1-c1ccc3c4c(ccc-2c14)-c1c-3c(C(C)C)c2ccccc2c1C(C)C.